The van der Waals surface area contributed by atoms with E-state index in [1.165, 1.54) is 18.3 Å². The zero-order chi connectivity index (χ0) is 24.2. The van der Waals surface area contributed by atoms with Gasteiger partial charge in [0.15, 0.2) is 11.6 Å². The fourth-order valence-electron chi connectivity index (χ4n) is 3.35. The van der Waals surface area contributed by atoms with E-state index >= 15 is 0 Å². The third-order valence-electron chi connectivity index (χ3n) is 5.34. The van der Waals surface area contributed by atoms with Gasteiger partial charge in [0.1, 0.15) is 11.7 Å². The van der Waals surface area contributed by atoms with E-state index in [1.54, 1.807) is 18.2 Å². The minimum atomic E-state index is -0.906. The summed E-state index contributed by atoms with van der Waals surface area (Å²) in [6, 6.07) is 2.57. The second-order valence-corrected chi connectivity index (χ2v) is 7.99. The van der Waals surface area contributed by atoms with Gasteiger partial charge in [0, 0.05) is 25.1 Å². The van der Waals surface area contributed by atoms with Crippen molar-refractivity contribution < 1.29 is 28.9 Å². The standard InChI is InChI=1S/C26H32FNO5/c1-3-4-5-6-13-23(30)28-16-9-12-20-17-22(29)18(2)10-7-8-11-19-14-15-21(27)25(31)24(19)26(32)33-20/h4-9,13-16,18,20,22,29,31H,3,10-12,17H2,1-2H3,(H,28,30)/b5-4-,8-7+,13-6-,16-9+/t18-,20-,22+/m0/s1. The van der Waals surface area contributed by atoms with Crippen LogP contribution in [0.3, 0.4) is 0 Å². The van der Waals surface area contributed by atoms with Gasteiger partial charge < -0.3 is 20.3 Å². The molecule has 7 heteroatoms. The number of aliphatic hydroxyl groups is 1. The average molecular weight is 458 g/mol. The van der Waals surface area contributed by atoms with Crippen molar-refractivity contribution >= 4 is 11.9 Å². The summed E-state index contributed by atoms with van der Waals surface area (Å²) in [6.07, 6.45) is 14.2. The summed E-state index contributed by atoms with van der Waals surface area (Å²) in [5.41, 5.74) is 0.240. The van der Waals surface area contributed by atoms with Gasteiger partial charge in [-0.05, 0) is 36.8 Å². The molecule has 0 aliphatic carbocycles. The quantitative estimate of drug-likeness (QED) is 0.253. The predicted molar refractivity (Wildman–Crippen MR) is 125 cm³/mol. The average Bonchev–Trinajstić information content (AvgIpc) is 2.78. The molecule has 6 nitrogen and oxygen atoms in total. The third kappa shape index (κ3) is 8.35. The molecule has 0 aromatic heterocycles. The molecule has 0 radical (unpaired) electrons. The number of hydrogen-bond donors (Lipinski definition) is 3. The summed E-state index contributed by atoms with van der Waals surface area (Å²) in [4.78, 5) is 24.6. The van der Waals surface area contributed by atoms with Crippen LogP contribution in [0.25, 0.3) is 0 Å². The van der Waals surface area contributed by atoms with Gasteiger partial charge in [0.05, 0.1) is 6.10 Å². The highest BCUT2D eigenvalue weighted by atomic mass is 19.1. The molecule has 0 saturated carbocycles. The Bertz CT molecular complexity index is 935. The van der Waals surface area contributed by atoms with Crippen molar-refractivity contribution in [3.05, 3.63) is 77.8 Å². The summed E-state index contributed by atoms with van der Waals surface area (Å²) in [6.45, 7) is 3.90. The molecule has 0 bridgehead atoms. The van der Waals surface area contributed by atoms with E-state index in [0.29, 0.717) is 18.4 Å². The molecule has 1 amide bonds. The third-order valence-corrected chi connectivity index (χ3v) is 5.34. The van der Waals surface area contributed by atoms with Gasteiger partial charge in [0.25, 0.3) is 0 Å². The van der Waals surface area contributed by atoms with Crippen LogP contribution in [0.1, 0.15) is 55.5 Å². The normalized spacial score (nSPS) is 23.2. The Hall–Kier alpha value is -3.19. The molecule has 0 saturated heterocycles. The molecule has 0 spiro atoms. The largest absolute Gasteiger partial charge is 0.504 e. The Kier molecular flexibility index (Phi) is 10.6. The van der Waals surface area contributed by atoms with Gasteiger partial charge in [-0.15, -0.1) is 0 Å². The molecule has 1 aliphatic rings. The van der Waals surface area contributed by atoms with Gasteiger partial charge in [-0.3, -0.25) is 4.79 Å². The number of ether oxygens (including phenoxy) is 1. The molecule has 3 N–H and O–H groups in total. The van der Waals surface area contributed by atoms with Gasteiger partial charge in [-0.25, -0.2) is 9.18 Å². The van der Waals surface area contributed by atoms with Crippen LogP contribution in [0.15, 0.2) is 60.9 Å². The number of esters is 1. The number of phenols is 1. The van der Waals surface area contributed by atoms with Crippen molar-refractivity contribution in [2.45, 2.75) is 58.2 Å². The summed E-state index contributed by atoms with van der Waals surface area (Å²) in [7, 11) is 0. The number of carbonyl (C=O) groups excluding carboxylic acids is 2. The lowest BCUT2D eigenvalue weighted by Gasteiger charge is -2.24. The number of nitrogens with one attached hydrogen (secondary N) is 1. The lowest BCUT2D eigenvalue weighted by molar-refractivity contribution is -0.115. The number of aliphatic hydroxyl groups excluding tert-OH is 1. The van der Waals surface area contributed by atoms with E-state index < -0.39 is 29.7 Å². The number of hydrogen-bond acceptors (Lipinski definition) is 5. The number of cyclic esters (lactones) is 1. The number of allylic oxidation sites excluding steroid dienone is 5. The Morgan fingerprint density at radius 2 is 2.06 bits per heavy atom. The van der Waals surface area contributed by atoms with E-state index in [9.17, 15) is 24.2 Å². The molecule has 1 aliphatic heterocycles. The predicted octanol–water partition coefficient (Wildman–Crippen LogP) is 4.49. The van der Waals surface area contributed by atoms with Crippen molar-refractivity contribution in [1.29, 1.82) is 0 Å². The molecule has 178 valence electrons. The monoisotopic (exact) mass is 457 g/mol. The van der Waals surface area contributed by atoms with Crippen molar-refractivity contribution in [3.8, 4) is 5.75 Å². The van der Waals surface area contributed by atoms with Crippen LogP contribution < -0.4 is 5.32 Å². The Labute approximate surface area is 194 Å². The first-order chi connectivity index (χ1) is 15.8. The molecule has 0 fully saturated rings. The summed E-state index contributed by atoms with van der Waals surface area (Å²) in [5.74, 6) is -2.88. The Morgan fingerprint density at radius 1 is 1.27 bits per heavy atom. The van der Waals surface area contributed by atoms with Crippen LogP contribution in [-0.4, -0.2) is 34.3 Å². The number of aromatic hydroxyl groups is 1. The van der Waals surface area contributed by atoms with Crippen LogP contribution in [0.4, 0.5) is 4.39 Å². The van der Waals surface area contributed by atoms with E-state index in [1.807, 2.05) is 32.1 Å². The molecule has 3 atom stereocenters. The van der Waals surface area contributed by atoms with Crippen LogP contribution in [0.2, 0.25) is 0 Å². The second-order valence-electron chi connectivity index (χ2n) is 7.99. The lowest BCUT2D eigenvalue weighted by Crippen LogP contribution is -2.28. The van der Waals surface area contributed by atoms with E-state index in [0.717, 1.165) is 12.5 Å². The SMILES string of the molecule is CC/C=C\C=C/C(=O)N/C=C/C[C@H]1C[C@@H](O)[C@@H](C)C/C=C/Cc2ccc(F)c(O)c2C(=O)O1. The van der Waals surface area contributed by atoms with E-state index in [4.69, 9.17) is 4.74 Å². The first kappa shape index (κ1) is 26.1. The minimum Gasteiger partial charge on any atom is -0.504 e. The number of fused-ring (bicyclic) bond motifs is 1. The maximum absolute atomic E-state index is 13.9. The summed E-state index contributed by atoms with van der Waals surface area (Å²) >= 11 is 0. The van der Waals surface area contributed by atoms with Gasteiger partial charge in [0.2, 0.25) is 5.91 Å². The minimum absolute atomic E-state index is 0.0621. The summed E-state index contributed by atoms with van der Waals surface area (Å²) in [5, 5.41) is 23.3. The Morgan fingerprint density at radius 3 is 2.82 bits per heavy atom. The Balaban J connectivity index is 2.16. The number of phenolic OH excluding ortho intramolecular Hbond substituents is 1. The topological polar surface area (TPSA) is 95.9 Å². The fourth-order valence-corrected chi connectivity index (χ4v) is 3.35. The van der Waals surface area contributed by atoms with E-state index in [2.05, 4.69) is 5.32 Å². The lowest BCUT2D eigenvalue weighted by atomic mass is 9.93. The molecular weight excluding hydrogens is 425 g/mol. The second kappa shape index (κ2) is 13.4. The number of amides is 1. The van der Waals surface area contributed by atoms with Crippen LogP contribution in [-0.2, 0) is 16.0 Å². The van der Waals surface area contributed by atoms with Gasteiger partial charge in [-0.2, -0.15) is 0 Å². The molecule has 2 rings (SSSR count). The van der Waals surface area contributed by atoms with Crippen molar-refractivity contribution in [2.75, 3.05) is 0 Å². The maximum atomic E-state index is 13.9. The molecule has 33 heavy (non-hydrogen) atoms. The highest BCUT2D eigenvalue weighted by Crippen LogP contribution is 2.28. The van der Waals surface area contributed by atoms with Gasteiger partial charge in [-0.1, -0.05) is 56.4 Å². The van der Waals surface area contributed by atoms with E-state index in [-0.39, 0.29) is 30.2 Å². The zero-order valence-corrected chi connectivity index (χ0v) is 19.0. The van der Waals surface area contributed by atoms with Crippen LogP contribution in [0, 0.1) is 11.7 Å². The smallest absolute Gasteiger partial charge is 0.342 e. The molecule has 0 unspecified atom stereocenters. The molecular formula is C26H32FNO5. The number of benzene rings is 1. The molecule has 1 aromatic rings. The first-order valence-corrected chi connectivity index (χ1v) is 11.2. The first-order valence-electron chi connectivity index (χ1n) is 11.2. The number of halogens is 1. The van der Waals surface area contributed by atoms with Crippen molar-refractivity contribution in [1.82, 2.24) is 5.32 Å². The van der Waals surface area contributed by atoms with Crippen molar-refractivity contribution in [2.24, 2.45) is 5.92 Å². The van der Waals surface area contributed by atoms with Crippen LogP contribution >= 0.6 is 0 Å². The number of rotatable bonds is 6. The number of carbonyl (C=O) groups is 2. The highest BCUT2D eigenvalue weighted by Gasteiger charge is 2.26. The van der Waals surface area contributed by atoms with Gasteiger partial charge >= 0.3 is 5.97 Å². The zero-order valence-electron chi connectivity index (χ0n) is 19.0. The van der Waals surface area contributed by atoms with Crippen molar-refractivity contribution in [3.63, 3.8) is 0 Å². The van der Waals surface area contributed by atoms with Crippen LogP contribution in [0.5, 0.6) is 5.75 Å². The summed E-state index contributed by atoms with van der Waals surface area (Å²) < 4.78 is 19.5. The molecule has 1 heterocycles. The highest BCUT2D eigenvalue weighted by molar-refractivity contribution is 5.94. The molecule has 1 aromatic carbocycles. The maximum Gasteiger partial charge on any atom is 0.342 e. The fraction of sp³-hybridized carbons (Fsp3) is 0.385.